The molecular formula is C45H53FeN6O+. The van der Waals surface area contributed by atoms with Gasteiger partial charge >= 0.3 is 17.1 Å². The second kappa shape index (κ2) is 20.0. The molecule has 4 aromatic rings. The van der Waals surface area contributed by atoms with Gasteiger partial charge in [-0.15, -0.1) is 5.52 Å². The van der Waals surface area contributed by atoms with Crippen LogP contribution >= 0.6 is 0 Å². The summed E-state index contributed by atoms with van der Waals surface area (Å²) in [6.07, 6.45) is 14.2. The first kappa shape index (κ1) is 41.1. The van der Waals surface area contributed by atoms with Gasteiger partial charge < -0.3 is 9.40 Å². The van der Waals surface area contributed by atoms with Gasteiger partial charge in [-0.05, 0) is 121 Å². The summed E-state index contributed by atoms with van der Waals surface area (Å²) in [6, 6.07) is 18.0. The van der Waals surface area contributed by atoms with Gasteiger partial charge in [0.2, 0.25) is 5.89 Å². The normalized spacial score (nSPS) is 12.8. The van der Waals surface area contributed by atoms with E-state index in [2.05, 4.69) is 83.6 Å². The van der Waals surface area contributed by atoms with Gasteiger partial charge in [0.15, 0.2) is 0 Å². The molecule has 0 N–H and O–H groups in total. The van der Waals surface area contributed by atoms with Gasteiger partial charge in [-0.25, -0.2) is 15.0 Å². The summed E-state index contributed by atoms with van der Waals surface area (Å²) in [5.74, 6) is 0.683. The van der Waals surface area contributed by atoms with Crippen LogP contribution in [0.3, 0.4) is 0 Å². The third kappa shape index (κ3) is 9.12. The van der Waals surface area contributed by atoms with Crippen molar-refractivity contribution in [3.63, 3.8) is 0 Å². The maximum absolute atomic E-state index is 6.64. The van der Waals surface area contributed by atoms with Gasteiger partial charge in [0, 0.05) is 36.1 Å². The van der Waals surface area contributed by atoms with E-state index in [1.165, 1.54) is 44.6 Å². The first-order valence-electron chi connectivity index (χ1n) is 19.1. The Morgan fingerprint density at radius 3 is 1.15 bits per heavy atom. The minimum atomic E-state index is 0. The van der Waals surface area contributed by atoms with Crippen molar-refractivity contribution < 1.29 is 21.5 Å². The fourth-order valence-corrected chi connectivity index (χ4v) is 7.29. The average molecular weight is 750 g/mol. The molecule has 7 heterocycles. The summed E-state index contributed by atoms with van der Waals surface area (Å²) >= 11 is 0. The van der Waals surface area contributed by atoms with Crippen LogP contribution in [0, 0.1) is 0 Å². The van der Waals surface area contributed by atoms with Crippen molar-refractivity contribution in [2.45, 2.75) is 107 Å². The number of aromatic nitrogens is 6. The molecule has 8 heteroatoms. The molecule has 0 spiro atoms. The molecule has 0 saturated carbocycles. The van der Waals surface area contributed by atoms with E-state index in [9.17, 15) is 0 Å². The molecule has 8 bridgehead atoms. The van der Waals surface area contributed by atoms with Crippen LogP contribution in [0.5, 0.6) is 0 Å². The molecule has 7 rings (SSSR count). The van der Waals surface area contributed by atoms with Crippen LogP contribution in [0.15, 0.2) is 83.8 Å². The van der Waals surface area contributed by atoms with Gasteiger partial charge in [-0.3, -0.25) is 9.97 Å². The number of fused-ring (bicyclic) bond motifs is 8. The molecule has 3 aliphatic heterocycles. The molecular weight excluding hydrogens is 696 g/mol. The first-order valence-corrected chi connectivity index (χ1v) is 19.1. The van der Waals surface area contributed by atoms with E-state index >= 15 is 0 Å². The van der Waals surface area contributed by atoms with E-state index in [1.807, 2.05) is 36.4 Å². The second-order valence-electron chi connectivity index (χ2n) is 12.6. The van der Waals surface area contributed by atoms with Crippen molar-refractivity contribution in [3.05, 3.63) is 125 Å². The summed E-state index contributed by atoms with van der Waals surface area (Å²) in [4.78, 5) is 28.2. The molecule has 3 aliphatic rings. The summed E-state index contributed by atoms with van der Waals surface area (Å²) in [6.45, 7) is 17.7. The van der Waals surface area contributed by atoms with Crippen molar-refractivity contribution in [1.82, 2.24) is 29.9 Å². The largest absolute Gasteiger partial charge is 2.00 e. The molecule has 0 aromatic carbocycles. The van der Waals surface area contributed by atoms with Gasteiger partial charge in [0.05, 0.1) is 28.5 Å². The monoisotopic (exact) mass is 749 g/mol. The van der Waals surface area contributed by atoms with E-state index in [-0.39, 0.29) is 17.1 Å². The number of hydrogen-bond donors (Lipinski definition) is 0. The summed E-state index contributed by atoms with van der Waals surface area (Å²) < 4.78 is 6.64. The molecule has 0 amide bonds. The Balaban J connectivity index is 0.000000408. The smallest absolute Gasteiger partial charge is 0.626 e. The fraction of sp³-hybridized carbons (Fsp3) is 0.356. The van der Waals surface area contributed by atoms with Crippen LogP contribution in [-0.2, 0) is 29.9 Å². The van der Waals surface area contributed by atoms with Crippen LogP contribution in [0.1, 0.15) is 139 Å². The number of pyridine rings is 2. The van der Waals surface area contributed by atoms with E-state index < -0.39 is 0 Å². The standard InChI is InChI=1S/C35H43N4O.2C5H5N.Fe/c1-9-20-22(11-3)30-18-32-24(13-5)26(15-7)34(38-32)40-35-27(16-8)25(14-6)33(39-35)19-31-23(12-4)21(10-2)29(37-31)17-28(20)36-30;2*1-2-4-6-5-3-1;/h17-19H,9-16H2,1-8H3;2*1-5H;/q-1;;;+2. The second-order valence-corrected chi connectivity index (χ2v) is 12.6. The Morgan fingerprint density at radius 1 is 0.434 bits per heavy atom. The number of nitrogens with zero attached hydrogens (tertiary/aromatic N) is 6. The summed E-state index contributed by atoms with van der Waals surface area (Å²) in [7, 11) is 0. The Bertz CT molecular complexity index is 1920. The number of rotatable bonds is 8. The van der Waals surface area contributed by atoms with Crippen LogP contribution in [0.2, 0.25) is 0 Å². The molecule has 0 saturated heterocycles. The molecule has 4 aromatic heterocycles. The third-order valence-corrected chi connectivity index (χ3v) is 9.73. The molecule has 7 nitrogen and oxygen atoms in total. The molecule has 276 valence electrons. The van der Waals surface area contributed by atoms with Gasteiger partial charge in [0.1, 0.15) is 0 Å². The maximum atomic E-state index is 6.64. The van der Waals surface area contributed by atoms with Crippen molar-refractivity contribution in [2.75, 3.05) is 0 Å². The number of allylic oxidation sites excluding steroid dienone is 6. The third-order valence-electron chi connectivity index (χ3n) is 9.73. The Morgan fingerprint density at radius 2 is 0.811 bits per heavy atom. The quantitative estimate of drug-likeness (QED) is 0.166. The van der Waals surface area contributed by atoms with E-state index in [4.69, 9.17) is 24.4 Å². The van der Waals surface area contributed by atoms with Crippen LogP contribution in [0.25, 0.3) is 44.7 Å². The SMILES string of the molecule is CCC1=C(CC)c2cc3nc(oc4[n-]c(cc5nc(cc1n2)C(CC)=C5CC)c(CC)c4CC)C(CC)=C3CC.[Fe+2].c1ccncc1.c1ccncc1. The zero-order valence-corrected chi connectivity index (χ0v) is 33.7. The zero-order valence-electron chi connectivity index (χ0n) is 32.6. The maximum Gasteiger partial charge on any atom is 2.00 e. The number of hydrogen-bond acceptors (Lipinski definition) is 6. The predicted molar refractivity (Wildman–Crippen MR) is 216 cm³/mol. The topological polar surface area (TPSA) is 91.7 Å². The van der Waals surface area contributed by atoms with Crippen molar-refractivity contribution in [1.29, 1.82) is 0 Å². The Kier molecular flexibility index (Phi) is 15.5. The van der Waals surface area contributed by atoms with E-state index in [0.717, 1.165) is 85.4 Å². The van der Waals surface area contributed by atoms with Crippen molar-refractivity contribution >= 4 is 44.7 Å². The average Bonchev–Trinajstić information content (AvgIpc) is 3.91. The Labute approximate surface area is 326 Å². The van der Waals surface area contributed by atoms with Crippen LogP contribution in [0.4, 0.5) is 0 Å². The Hall–Kier alpha value is -4.65. The first-order chi connectivity index (χ1) is 25.5. The molecule has 0 atom stereocenters. The number of aryl methyl sites for hydroxylation is 2. The van der Waals surface area contributed by atoms with E-state index in [1.54, 1.807) is 24.8 Å². The molecule has 0 unspecified atom stereocenters. The van der Waals surface area contributed by atoms with Crippen LogP contribution in [-0.4, -0.2) is 24.9 Å². The molecule has 0 radical (unpaired) electrons. The molecule has 0 aliphatic carbocycles. The van der Waals surface area contributed by atoms with Crippen molar-refractivity contribution in [3.8, 4) is 0 Å². The summed E-state index contributed by atoms with van der Waals surface area (Å²) in [5.41, 5.74) is 16.8. The van der Waals surface area contributed by atoms with Gasteiger partial charge in [-0.1, -0.05) is 79.2 Å². The summed E-state index contributed by atoms with van der Waals surface area (Å²) in [5, 5.41) is 0. The molecule has 0 fully saturated rings. The van der Waals surface area contributed by atoms with Crippen LogP contribution < -0.4 is 4.98 Å². The molecule has 53 heavy (non-hydrogen) atoms. The van der Waals surface area contributed by atoms with Gasteiger partial charge in [-0.2, -0.15) is 0 Å². The van der Waals surface area contributed by atoms with Crippen molar-refractivity contribution in [2.24, 2.45) is 0 Å². The minimum Gasteiger partial charge on any atom is -0.626 e. The van der Waals surface area contributed by atoms with Gasteiger partial charge in [0.25, 0.3) is 0 Å². The zero-order chi connectivity index (χ0) is 37.0. The fourth-order valence-electron chi connectivity index (χ4n) is 7.29. The minimum absolute atomic E-state index is 0. The van der Waals surface area contributed by atoms with E-state index in [0.29, 0.717) is 11.6 Å². The predicted octanol–water partition coefficient (Wildman–Crippen LogP) is 11.8.